The van der Waals surface area contributed by atoms with Gasteiger partial charge >= 0.3 is 0 Å². The van der Waals surface area contributed by atoms with Crippen LogP contribution < -0.4 is 15.8 Å². The summed E-state index contributed by atoms with van der Waals surface area (Å²) in [6.07, 6.45) is 0.144. The maximum atomic E-state index is 11.3. The van der Waals surface area contributed by atoms with E-state index in [1.807, 2.05) is 0 Å². The molecule has 0 aromatic heterocycles. The zero-order chi connectivity index (χ0) is 13.9. The quantitative estimate of drug-likeness (QED) is 0.660. The third kappa shape index (κ3) is 3.59. The minimum Gasteiger partial charge on any atom is -0.396 e. The van der Waals surface area contributed by atoms with Gasteiger partial charge in [0.25, 0.3) is 0 Å². The lowest BCUT2D eigenvalue weighted by atomic mass is 10.2. The molecule has 0 saturated carbocycles. The molecule has 102 valence electrons. The Kier molecular flexibility index (Phi) is 4.55. The van der Waals surface area contributed by atoms with E-state index in [-0.39, 0.29) is 10.6 Å². The number of aliphatic hydroxyl groups excluding tert-OH is 1. The first-order valence-corrected chi connectivity index (χ1v) is 7.08. The van der Waals surface area contributed by atoms with Crippen LogP contribution in [-0.2, 0) is 10.0 Å². The highest BCUT2D eigenvalue weighted by Gasteiger charge is 2.16. The van der Waals surface area contributed by atoms with Crippen LogP contribution in [0.3, 0.4) is 0 Å². The Hall–Kier alpha value is -1.31. The van der Waals surface area contributed by atoms with E-state index in [4.69, 9.17) is 10.9 Å². The number of hydrogen-bond donors (Lipinski definition) is 3. The van der Waals surface area contributed by atoms with Gasteiger partial charge in [-0.2, -0.15) is 0 Å². The molecular formula is C11H19N3O3S. The molecule has 0 radical (unpaired) electrons. The summed E-state index contributed by atoms with van der Waals surface area (Å²) in [7, 11) is -2.04. The zero-order valence-electron chi connectivity index (χ0n) is 10.5. The number of para-hydroxylation sites is 1. The van der Waals surface area contributed by atoms with Gasteiger partial charge in [-0.05, 0) is 25.5 Å². The van der Waals surface area contributed by atoms with Gasteiger partial charge in [-0.25, -0.2) is 13.6 Å². The van der Waals surface area contributed by atoms with Crippen molar-refractivity contribution in [1.82, 2.24) is 0 Å². The van der Waals surface area contributed by atoms with E-state index < -0.39 is 16.1 Å². The van der Waals surface area contributed by atoms with Crippen molar-refractivity contribution >= 4 is 21.4 Å². The van der Waals surface area contributed by atoms with Crippen LogP contribution in [0.4, 0.5) is 11.4 Å². The largest absolute Gasteiger partial charge is 0.396 e. The monoisotopic (exact) mass is 273 g/mol. The zero-order valence-corrected chi connectivity index (χ0v) is 11.3. The summed E-state index contributed by atoms with van der Waals surface area (Å²) in [4.78, 5) is 1.71. The van der Waals surface area contributed by atoms with E-state index in [0.29, 0.717) is 18.7 Å². The van der Waals surface area contributed by atoms with Gasteiger partial charge in [-0.1, -0.05) is 6.07 Å². The molecule has 0 amide bonds. The number of anilines is 2. The molecule has 0 spiro atoms. The number of sulfonamides is 1. The van der Waals surface area contributed by atoms with Gasteiger partial charge in [0.15, 0.2) is 0 Å². The van der Waals surface area contributed by atoms with E-state index in [1.165, 1.54) is 6.07 Å². The van der Waals surface area contributed by atoms with Crippen LogP contribution >= 0.6 is 0 Å². The molecule has 0 aliphatic heterocycles. The van der Waals surface area contributed by atoms with Crippen molar-refractivity contribution in [2.24, 2.45) is 5.14 Å². The Labute approximate surface area is 107 Å². The van der Waals surface area contributed by atoms with E-state index in [1.54, 1.807) is 31.0 Å². The molecule has 0 saturated heterocycles. The van der Waals surface area contributed by atoms with Crippen LogP contribution in [0.25, 0.3) is 0 Å². The van der Waals surface area contributed by atoms with Crippen molar-refractivity contribution < 1.29 is 13.5 Å². The summed E-state index contributed by atoms with van der Waals surface area (Å²) in [6, 6.07) is 4.67. The molecule has 18 heavy (non-hydrogen) atoms. The molecule has 6 nitrogen and oxygen atoms in total. The Balaban J connectivity index is 3.04. The predicted octanol–water partition coefficient (Wildman–Crippen LogP) is 0.123. The van der Waals surface area contributed by atoms with Crippen LogP contribution in [0.15, 0.2) is 23.1 Å². The number of benzene rings is 1. The van der Waals surface area contributed by atoms with Crippen LogP contribution in [0.1, 0.15) is 13.3 Å². The molecule has 1 atom stereocenters. The lowest BCUT2D eigenvalue weighted by Gasteiger charge is -2.22. The fraction of sp³-hybridized carbons (Fsp3) is 0.455. The fourth-order valence-corrected chi connectivity index (χ4v) is 2.29. The minimum atomic E-state index is -3.82. The second kappa shape index (κ2) is 5.55. The third-order valence-electron chi connectivity index (χ3n) is 2.64. The highest BCUT2D eigenvalue weighted by molar-refractivity contribution is 7.89. The van der Waals surface area contributed by atoms with E-state index in [2.05, 4.69) is 0 Å². The standard InChI is InChI=1S/C11H19N3O3S/c1-8(15)6-7-14(2)9-4-3-5-10(11(9)12)18(13,16)17/h3-5,8,15H,6-7,12H2,1-2H3,(H2,13,16,17). The summed E-state index contributed by atoms with van der Waals surface area (Å²) >= 11 is 0. The Morgan fingerprint density at radius 1 is 1.44 bits per heavy atom. The second-order valence-electron chi connectivity index (χ2n) is 4.29. The number of nitrogens with two attached hydrogens (primary N) is 2. The molecular weight excluding hydrogens is 254 g/mol. The van der Waals surface area contributed by atoms with Gasteiger partial charge in [-0.3, -0.25) is 0 Å². The first-order valence-electron chi connectivity index (χ1n) is 5.54. The lowest BCUT2D eigenvalue weighted by molar-refractivity contribution is 0.187. The Bertz CT molecular complexity index is 514. The number of aliphatic hydroxyl groups is 1. The van der Waals surface area contributed by atoms with Gasteiger partial charge in [0, 0.05) is 13.6 Å². The average molecular weight is 273 g/mol. The maximum absolute atomic E-state index is 11.3. The lowest BCUT2D eigenvalue weighted by Crippen LogP contribution is -2.24. The first kappa shape index (κ1) is 14.7. The Morgan fingerprint density at radius 3 is 2.56 bits per heavy atom. The van der Waals surface area contributed by atoms with E-state index >= 15 is 0 Å². The molecule has 0 heterocycles. The first-order chi connectivity index (χ1) is 8.23. The van der Waals surface area contributed by atoms with Crippen LogP contribution in [0.5, 0.6) is 0 Å². The van der Waals surface area contributed by atoms with Crippen LogP contribution in [-0.4, -0.2) is 33.2 Å². The molecule has 0 aliphatic carbocycles. The summed E-state index contributed by atoms with van der Waals surface area (Å²) in [5.74, 6) is 0. The number of primary sulfonamides is 1. The number of rotatable bonds is 5. The van der Waals surface area contributed by atoms with Crippen molar-refractivity contribution in [3.8, 4) is 0 Å². The smallest absolute Gasteiger partial charge is 0.240 e. The Morgan fingerprint density at radius 2 is 2.06 bits per heavy atom. The normalized spacial score (nSPS) is 13.3. The SMILES string of the molecule is CC(O)CCN(C)c1cccc(S(N)(=O)=O)c1N. The van der Waals surface area contributed by atoms with Gasteiger partial charge in [0.05, 0.1) is 17.5 Å². The summed E-state index contributed by atoms with van der Waals surface area (Å²) in [6.45, 7) is 2.26. The number of nitrogens with zero attached hydrogens (tertiary/aromatic N) is 1. The van der Waals surface area contributed by atoms with Crippen LogP contribution in [0, 0.1) is 0 Å². The second-order valence-corrected chi connectivity index (χ2v) is 5.82. The molecule has 5 N–H and O–H groups in total. The number of hydrogen-bond acceptors (Lipinski definition) is 5. The summed E-state index contributed by atoms with van der Waals surface area (Å²) < 4.78 is 22.7. The molecule has 0 bridgehead atoms. The molecule has 1 aromatic carbocycles. The fourth-order valence-electron chi connectivity index (χ4n) is 1.61. The maximum Gasteiger partial charge on any atom is 0.240 e. The topological polar surface area (TPSA) is 110 Å². The molecule has 1 aromatic rings. The highest BCUT2D eigenvalue weighted by Crippen LogP contribution is 2.28. The molecule has 7 heteroatoms. The molecule has 1 rings (SSSR count). The molecule has 0 fully saturated rings. The average Bonchev–Trinajstić information content (AvgIpc) is 2.24. The van der Waals surface area contributed by atoms with Crippen molar-refractivity contribution in [3.63, 3.8) is 0 Å². The minimum absolute atomic E-state index is 0.0797. The molecule has 0 aliphatic rings. The number of nitrogen functional groups attached to an aromatic ring is 1. The van der Waals surface area contributed by atoms with Gasteiger partial charge in [0.1, 0.15) is 4.90 Å². The predicted molar refractivity (Wildman–Crippen MR) is 71.8 cm³/mol. The summed E-state index contributed by atoms with van der Waals surface area (Å²) in [5, 5.41) is 14.3. The third-order valence-corrected chi connectivity index (χ3v) is 3.61. The van der Waals surface area contributed by atoms with Crippen molar-refractivity contribution in [2.75, 3.05) is 24.2 Å². The van der Waals surface area contributed by atoms with Gasteiger partial charge in [-0.15, -0.1) is 0 Å². The van der Waals surface area contributed by atoms with Gasteiger partial charge < -0.3 is 15.7 Å². The highest BCUT2D eigenvalue weighted by atomic mass is 32.2. The van der Waals surface area contributed by atoms with Gasteiger partial charge in [0.2, 0.25) is 10.0 Å². The van der Waals surface area contributed by atoms with Crippen molar-refractivity contribution in [3.05, 3.63) is 18.2 Å². The van der Waals surface area contributed by atoms with Crippen LogP contribution in [0.2, 0.25) is 0 Å². The van der Waals surface area contributed by atoms with E-state index in [0.717, 1.165) is 0 Å². The van der Waals surface area contributed by atoms with E-state index in [9.17, 15) is 13.5 Å². The van der Waals surface area contributed by atoms with Crippen molar-refractivity contribution in [1.29, 1.82) is 0 Å². The molecule has 1 unspecified atom stereocenters. The summed E-state index contributed by atoms with van der Waals surface area (Å²) in [5.41, 5.74) is 6.53. The van der Waals surface area contributed by atoms with Crippen molar-refractivity contribution in [2.45, 2.75) is 24.3 Å².